The lowest BCUT2D eigenvalue weighted by Gasteiger charge is -2.33. The molecule has 4 rings (SSSR count). The second-order valence-electron chi connectivity index (χ2n) is 6.37. The number of sulfonamides is 1. The topological polar surface area (TPSA) is 53.5 Å². The molecule has 0 aliphatic carbocycles. The summed E-state index contributed by atoms with van der Waals surface area (Å²) in [5.41, 5.74) is 1.85. The molecule has 28 heavy (non-hydrogen) atoms. The summed E-state index contributed by atoms with van der Waals surface area (Å²) in [5, 5.41) is 3.51. The van der Waals surface area contributed by atoms with Crippen molar-refractivity contribution in [3.8, 4) is 11.3 Å². The van der Waals surface area contributed by atoms with Crippen molar-refractivity contribution in [2.45, 2.75) is 4.90 Å². The molecule has 0 spiro atoms. The van der Waals surface area contributed by atoms with Crippen molar-refractivity contribution in [2.24, 2.45) is 0 Å². The Morgan fingerprint density at radius 1 is 1.04 bits per heavy atom. The minimum Gasteiger partial charge on any atom is -0.345 e. The fourth-order valence-electron chi connectivity index (χ4n) is 3.06. The second-order valence-corrected chi connectivity index (χ2v) is 9.58. The van der Waals surface area contributed by atoms with Crippen molar-refractivity contribution in [3.05, 3.63) is 64.8 Å². The number of benzene rings is 2. The van der Waals surface area contributed by atoms with E-state index in [-0.39, 0.29) is 4.90 Å². The molecule has 146 valence electrons. The molecule has 1 saturated heterocycles. The Morgan fingerprint density at radius 2 is 1.75 bits per heavy atom. The molecular weight excluding hydrogens is 421 g/mol. The molecular formula is C19H17ClFN3O2S2. The third-order valence-corrected chi connectivity index (χ3v) is 7.62. The van der Waals surface area contributed by atoms with Crippen molar-refractivity contribution in [3.63, 3.8) is 0 Å². The Labute approximate surface area is 172 Å². The van der Waals surface area contributed by atoms with Gasteiger partial charge in [0.05, 0.1) is 10.6 Å². The van der Waals surface area contributed by atoms with Gasteiger partial charge in [-0.15, -0.1) is 11.3 Å². The number of thiazole rings is 1. The number of nitrogens with zero attached hydrogens (tertiary/aromatic N) is 3. The summed E-state index contributed by atoms with van der Waals surface area (Å²) in [5.74, 6) is -0.558. The van der Waals surface area contributed by atoms with Crippen LogP contribution < -0.4 is 4.90 Å². The van der Waals surface area contributed by atoms with Crippen LogP contribution in [-0.2, 0) is 10.0 Å². The zero-order valence-corrected chi connectivity index (χ0v) is 17.1. The van der Waals surface area contributed by atoms with Crippen LogP contribution in [-0.4, -0.2) is 43.9 Å². The van der Waals surface area contributed by atoms with Gasteiger partial charge in [0.25, 0.3) is 0 Å². The van der Waals surface area contributed by atoms with E-state index in [2.05, 4.69) is 9.88 Å². The Bertz CT molecular complexity index is 1080. The predicted octanol–water partition coefficient (Wildman–Crippen LogP) is 4.11. The van der Waals surface area contributed by atoms with Gasteiger partial charge >= 0.3 is 0 Å². The highest BCUT2D eigenvalue weighted by atomic mass is 35.5. The molecule has 1 fully saturated rings. The van der Waals surface area contributed by atoms with Crippen molar-refractivity contribution in [2.75, 3.05) is 31.1 Å². The van der Waals surface area contributed by atoms with Gasteiger partial charge in [-0.1, -0.05) is 29.8 Å². The molecule has 0 unspecified atom stereocenters. The SMILES string of the molecule is O=S(=O)(c1cccc(F)c1)N1CCN(c2nc(-c3ccc(Cl)cc3)cs2)CC1. The quantitative estimate of drug-likeness (QED) is 0.616. The third kappa shape index (κ3) is 3.91. The molecule has 0 radical (unpaired) electrons. The van der Waals surface area contributed by atoms with E-state index >= 15 is 0 Å². The minimum atomic E-state index is -3.69. The molecule has 2 aromatic carbocycles. The molecule has 0 N–H and O–H groups in total. The summed E-state index contributed by atoms with van der Waals surface area (Å²) in [6, 6.07) is 12.6. The van der Waals surface area contributed by atoms with Gasteiger partial charge < -0.3 is 4.90 Å². The highest BCUT2D eigenvalue weighted by molar-refractivity contribution is 7.89. The molecule has 0 atom stereocenters. The van der Waals surface area contributed by atoms with Gasteiger partial charge in [-0.25, -0.2) is 17.8 Å². The fraction of sp³-hybridized carbons (Fsp3) is 0.211. The summed E-state index contributed by atoms with van der Waals surface area (Å²) >= 11 is 7.46. The maximum Gasteiger partial charge on any atom is 0.243 e. The molecule has 1 aliphatic rings. The molecule has 0 bridgehead atoms. The zero-order chi connectivity index (χ0) is 19.7. The van der Waals surface area contributed by atoms with E-state index in [0.29, 0.717) is 31.2 Å². The Balaban J connectivity index is 1.45. The van der Waals surface area contributed by atoms with E-state index in [9.17, 15) is 12.8 Å². The Hall–Kier alpha value is -2.00. The number of aromatic nitrogens is 1. The van der Waals surface area contributed by atoms with Gasteiger partial charge in [0.15, 0.2) is 5.13 Å². The first-order chi connectivity index (χ1) is 13.4. The number of rotatable bonds is 4. The van der Waals surface area contributed by atoms with E-state index in [4.69, 9.17) is 11.6 Å². The number of hydrogen-bond acceptors (Lipinski definition) is 5. The molecule has 0 amide bonds. The van der Waals surface area contributed by atoms with Crippen LogP contribution in [0.5, 0.6) is 0 Å². The molecule has 5 nitrogen and oxygen atoms in total. The van der Waals surface area contributed by atoms with Crippen LogP contribution in [0.3, 0.4) is 0 Å². The summed E-state index contributed by atoms with van der Waals surface area (Å²) in [6.45, 7) is 1.72. The van der Waals surface area contributed by atoms with Crippen LogP contribution in [0.1, 0.15) is 0 Å². The summed E-state index contributed by atoms with van der Waals surface area (Å²) in [6.07, 6.45) is 0. The maximum atomic E-state index is 13.4. The highest BCUT2D eigenvalue weighted by Crippen LogP contribution is 2.29. The van der Waals surface area contributed by atoms with Gasteiger partial charge in [0.2, 0.25) is 10.0 Å². The summed E-state index contributed by atoms with van der Waals surface area (Å²) < 4.78 is 40.2. The smallest absolute Gasteiger partial charge is 0.243 e. The van der Waals surface area contributed by atoms with Gasteiger partial charge in [-0.2, -0.15) is 4.31 Å². The van der Waals surface area contributed by atoms with Crippen LogP contribution in [0, 0.1) is 5.82 Å². The highest BCUT2D eigenvalue weighted by Gasteiger charge is 2.29. The van der Waals surface area contributed by atoms with Crippen molar-refractivity contribution in [1.29, 1.82) is 0 Å². The minimum absolute atomic E-state index is 0.0137. The van der Waals surface area contributed by atoms with Crippen LogP contribution in [0.2, 0.25) is 5.02 Å². The second kappa shape index (κ2) is 7.79. The van der Waals surface area contributed by atoms with Gasteiger partial charge in [0, 0.05) is 42.1 Å². The van der Waals surface area contributed by atoms with Crippen LogP contribution in [0.25, 0.3) is 11.3 Å². The Kier molecular flexibility index (Phi) is 5.37. The normalized spacial score (nSPS) is 15.7. The third-order valence-electron chi connectivity index (χ3n) is 4.58. The van der Waals surface area contributed by atoms with E-state index in [1.807, 2.05) is 29.6 Å². The molecule has 2 heterocycles. The predicted molar refractivity (Wildman–Crippen MR) is 110 cm³/mol. The van der Waals surface area contributed by atoms with E-state index in [1.165, 1.54) is 33.8 Å². The lowest BCUT2D eigenvalue weighted by atomic mass is 10.2. The van der Waals surface area contributed by atoms with Crippen LogP contribution >= 0.6 is 22.9 Å². The molecule has 3 aromatic rings. The van der Waals surface area contributed by atoms with Gasteiger partial charge in [-0.05, 0) is 30.3 Å². The van der Waals surface area contributed by atoms with Crippen molar-refractivity contribution in [1.82, 2.24) is 9.29 Å². The van der Waals surface area contributed by atoms with Crippen molar-refractivity contribution < 1.29 is 12.8 Å². The summed E-state index contributed by atoms with van der Waals surface area (Å²) in [4.78, 5) is 6.73. The fourth-order valence-corrected chi connectivity index (χ4v) is 5.53. The molecule has 9 heteroatoms. The van der Waals surface area contributed by atoms with Crippen LogP contribution in [0.4, 0.5) is 9.52 Å². The van der Waals surface area contributed by atoms with E-state index in [0.717, 1.165) is 22.5 Å². The first kappa shape index (κ1) is 19.3. The number of anilines is 1. The molecule has 1 aliphatic heterocycles. The standard InChI is InChI=1S/C19H17ClFN3O2S2/c20-15-6-4-14(5-7-15)18-13-27-19(22-18)23-8-10-24(11-9-23)28(25,26)17-3-1-2-16(21)12-17/h1-7,12-13H,8-11H2. The van der Waals surface area contributed by atoms with E-state index in [1.54, 1.807) is 0 Å². The number of hydrogen-bond donors (Lipinski definition) is 0. The number of piperazine rings is 1. The monoisotopic (exact) mass is 437 g/mol. The summed E-state index contributed by atoms with van der Waals surface area (Å²) in [7, 11) is -3.69. The molecule has 0 saturated carbocycles. The zero-order valence-electron chi connectivity index (χ0n) is 14.8. The maximum absolute atomic E-state index is 13.4. The lowest BCUT2D eigenvalue weighted by Crippen LogP contribution is -2.48. The van der Waals surface area contributed by atoms with Crippen LogP contribution in [0.15, 0.2) is 58.8 Å². The number of halogens is 2. The van der Waals surface area contributed by atoms with E-state index < -0.39 is 15.8 Å². The lowest BCUT2D eigenvalue weighted by molar-refractivity contribution is 0.384. The first-order valence-electron chi connectivity index (χ1n) is 8.65. The van der Waals surface area contributed by atoms with Gasteiger partial charge in [-0.3, -0.25) is 0 Å². The first-order valence-corrected chi connectivity index (χ1v) is 11.4. The Morgan fingerprint density at radius 3 is 2.43 bits per heavy atom. The molecule has 1 aromatic heterocycles. The van der Waals surface area contributed by atoms with Crippen molar-refractivity contribution >= 4 is 38.1 Å². The average molecular weight is 438 g/mol. The average Bonchev–Trinajstić information content (AvgIpc) is 3.19. The largest absolute Gasteiger partial charge is 0.345 e. The van der Waals surface area contributed by atoms with Gasteiger partial charge in [0.1, 0.15) is 5.82 Å².